The highest BCUT2D eigenvalue weighted by molar-refractivity contribution is 5.85. The molecule has 0 saturated carbocycles. The van der Waals surface area contributed by atoms with E-state index < -0.39 is 6.04 Å². The van der Waals surface area contributed by atoms with Crippen LogP contribution in [-0.2, 0) is 9.53 Å². The Kier molecular flexibility index (Phi) is 6.84. The standard InChI is InChI=1S/C14H20N2O2.ClH/c15-13(12-6-2-1-3-7-12)14(17)16-9-11-5-4-8-18-10-11;/h1-3,6-7,11,13H,4-5,8-10,15H2,(H,16,17);1H. The van der Waals surface area contributed by atoms with E-state index in [0.717, 1.165) is 31.6 Å². The molecule has 1 amide bonds. The molecule has 1 heterocycles. The Labute approximate surface area is 120 Å². The summed E-state index contributed by atoms with van der Waals surface area (Å²) >= 11 is 0. The molecule has 2 atom stereocenters. The summed E-state index contributed by atoms with van der Waals surface area (Å²) < 4.78 is 5.38. The molecule has 1 saturated heterocycles. The van der Waals surface area contributed by atoms with Crippen molar-refractivity contribution in [3.05, 3.63) is 35.9 Å². The van der Waals surface area contributed by atoms with E-state index in [4.69, 9.17) is 10.5 Å². The number of benzene rings is 1. The molecule has 1 fully saturated rings. The molecular weight excluding hydrogens is 264 g/mol. The van der Waals surface area contributed by atoms with E-state index in [0.29, 0.717) is 12.5 Å². The molecule has 0 aromatic heterocycles. The van der Waals surface area contributed by atoms with E-state index in [9.17, 15) is 4.79 Å². The van der Waals surface area contributed by atoms with E-state index in [-0.39, 0.29) is 18.3 Å². The Balaban J connectivity index is 0.00000180. The van der Waals surface area contributed by atoms with E-state index in [1.165, 1.54) is 0 Å². The molecule has 2 unspecified atom stereocenters. The molecule has 0 aliphatic carbocycles. The third-order valence-corrected chi connectivity index (χ3v) is 3.26. The first-order valence-corrected chi connectivity index (χ1v) is 6.43. The van der Waals surface area contributed by atoms with Crippen LogP contribution in [0, 0.1) is 5.92 Å². The smallest absolute Gasteiger partial charge is 0.241 e. The first kappa shape index (κ1) is 16.0. The normalized spacial score (nSPS) is 20.2. The second kappa shape index (κ2) is 8.15. The highest BCUT2D eigenvalue weighted by Gasteiger charge is 2.18. The largest absolute Gasteiger partial charge is 0.381 e. The zero-order chi connectivity index (χ0) is 12.8. The van der Waals surface area contributed by atoms with E-state index in [1.54, 1.807) is 0 Å². The Bertz CT molecular complexity index is 380. The van der Waals surface area contributed by atoms with Gasteiger partial charge in [-0.15, -0.1) is 12.4 Å². The van der Waals surface area contributed by atoms with Gasteiger partial charge in [-0.2, -0.15) is 0 Å². The van der Waals surface area contributed by atoms with Crippen molar-refractivity contribution in [3.8, 4) is 0 Å². The fraction of sp³-hybridized carbons (Fsp3) is 0.500. The number of rotatable bonds is 4. The maximum atomic E-state index is 11.9. The van der Waals surface area contributed by atoms with Gasteiger partial charge in [0.05, 0.1) is 6.61 Å². The van der Waals surface area contributed by atoms with Gasteiger partial charge in [0.2, 0.25) is 5.91 Å². The number of hydrogen-bond acceptors (Lipinski definition) is 3. The molecule has 19 heavy (non-hydrogen) atoms. The average Bonchev–Trinajstić information content (AvgIpc) is 2.46. The van der Waals surface area contributed by atoms with Gasteiger partial charge in [-0.3, -0.25) is 4.79 Å². The molecule has 106 valence electrons. The number of amides is 1. The van der Waals surface area contributed by atoms with Crippen molar-refractivity contribution < 1.29 is 9.53 Å². The lowest BCUT2D eigenvalue weighted by Gasteiger charge is -2.23. The number of carbonyl (C=O) groups is 1. The Morgan fingerprint density at radius 1 is 1.42 bits per heavy atom. The molecule has 2 rings (SSSR count). The van der Waals surface area contributed by atoms with Crippen LogP contribution in [0.4, 0.5) is 0 Å². The van der Waals surface area contributed by atoms with Crippen LogP contribution < -0.4 is 11.1 Å². The molecule has 0 radical (unpaired) electrons. The Hall–Kier alpha value is -1.10. The maximum Gasteiger partial charge on any atom is 0.241 e. The van der Waals surface area contributed by atoms with Crippen LogP contribution in [0.15, 0.2) is 30.3 Å². The van der Waals surface area contributed by atoms with Crippen LogP contribution in [0.2, 0.25) is 0 Å². The molecule has 1 aliphatic rings. The minimum atomic E-state index is -0.587. The minimum absolute atomic E-state index is 0. The predicted molar refractivity (Wildman–Crippen MR) is 77.2 cm³/mol. The van der Waals surface area contributed by atoms with Gasteiger partial charge < -0.3 is 15.8 Å². The molecule has 1 aromatic rings. The summed E-state index contributed by atoms with van der Waals surface area (Å²) in [7, 11) is 0. The summed E-state index contributed by atoms with van der Waals surface area (Å²) in [6, 6.07) is 8.83. The molecule has 0 bridgehead atoms. The molecule has 1 aromatic carbocycles. The van der Waals surface area contributed by atoms with Gasteiger partial charge in [-0.25, -0.2) is 0 Å². The number of ether oxygens (including phenoxy) is 1. The number of halogens is 1. The van der Waals surface area contributed by atoms with Crippen molar-refractivity contribution in [2.45, 2.75) is 18.9 Å². The monoisotopic (exact) mass is 284 g/mol. The second-order valence-electron chi connectivity index (χ2n) is 4.72. The van der Waals surface area contributed by atoms with Gasteiger partial charge >= 0.3 is 0 Å². The lowest BCUT2D eigenvalue weighted by molar-refractivity contribution is -0.122. The third-order valence-electron chi connectivity index (χ3n) is 3.26. The summed E-state index contributed by atoms with van der Waals surface area (Å²) in [5.41, 5.74) is 6.75. The summed E-state index contributed by atoms with van der Waals surface area (Å²) in [5, 5.41) is 2.91. The van der Waals surface area contributed by atoms with Crippen molar-refractivity contribution in [3.63, 3.8) is 0 Å². The number of hydrogen-bond donors (Lipinski definition) is 2. The first-order chi connectivity index (χ1) is 8.77. The Morgan fingerprint density at radius 3 is 2.79 bits per heavy atom. The van der Waals surface area contributed by atoms with Gasteiger partial charge in [-0.1, -0.05) is 30.3 Å². The summed E-state index contributed by atoms with van der Waals surface area (Å²) in [6.45, 7) is 2.23. The SMILES string of the molecule is Cl.NC(C(=O)NCC1CCCOC1)c1ccccc1. The molecule has 4 nitrogen and oxygen atoms in total. The molecule has 5 heteroatoms. The summed E-state index contributed by atoms with van der Waals surface area (Å²) in [6.07, 6.45) is 2.19. The highest BCUT2D eigenvalue weighted by Crippen LogP contribution is 2.13. The van der Waals surface area contributed by atoms with E-state index >= 15 is 0 Å². The van der Waals surface area contributed by atoms with E-state index in [2.05, 4.69) is 5.32 Å². The van der Waals surface area contributed by atoms with Crippen LogP contribution >= 0.6 is 12.4 Å². The lowest BCUT2D eigenvalue weighted by atomic mass is 10.0. The molecule has 0 spiro atoms. The highest BCUT2D eigenvalue weighted by atomic mass is 35.5. The summed E-state index contributed by atoms with van der Waals surface area (Å²) in [4.78, 5) is 11.9. The quantitative estimate of drug-likeness (QED) is 0.884. The fourth-order valence-corrected chi connectivity index (χ4v) is 2.14. The van der Waals surface area contributed by atoms with Crippen LogP contribution in [0.25, 0.3) is 0 Å². The maximum absolute atomic E-state index is 11.9. The Morgan fingerprint density at radius 2 is 2.16 bits per heavy atom. The van der Waals surface area contributed by atoms with Crippen LogP contribution in [0.3, 0.4) is 0 Å². The van der Waals surface area contributed by atoms with Crippen LogP contribution in [0.5, 0.6) is 0 Å². The zero-order valence-corrected chi connectivity index (χ0v) is 11.7. The minimum Gasteiger partial charge on any atom is -0.381 e. The lowest BCUT2D eigenvalue weighted by Crippen LogP contribution is -2.38. The van der Waals surface area contributed by atoms with Gasteiger partial charge in [0.15, 0.2) is 0 Å². The van der Waals surface area contributed by atoms with Crippen molar-refractivity contribution in [2.24, 2.45) is 11.7 Å². The molecule has 1 aliphatic heterocycles. The van der Waals surface area contributed by atoms with Crippen LogP contribution in [0.1, 0.15) is 24.4 Å². The van der Waals surface area contributed by atoms with Crippen LogP contribution in [-0.4, -0.2) is 25.7 Å². The van der Waals surface area contributed by atoms with Crippen molar-refractivity contribution in [1.82, 2.24) is 5.32 Å². The average molecular weight is 285 g/mol. The van der Waals surface area contributed by atoms with Gasteiger partial charge in [0.25, 0.3) is 0 Å². The van der Waals surface area contributed by atoms with Gasteiger partial charge in [0.1, 0.15) is 6.04 Å². The number of carbonyl (C=O) groups excluding carboxylic acids is 1. The topological polar surface area (TPSA) is 64.4 Å². The zero-order valence-electron chi connectivity index (χ0n) is 10.9. The molecular formula is C14H21ClN2O2. The predicted octanol–water partition coefficient (Wildman–Crippen LogP) is 1.65. The number of nitrogens with one attached hydrogen (secondary N) is 1. The van der Waals surface area contributed by atoms with E-state index in [1.807, 2.05) is 30.3 Å². The molecule has 3 N–H and O–H groups in total. The van der Waals surface area contributed by atoms with Crippen molar-refractivity contribution in [2.75, 3.05) is 19.8 Å². The third kappa shape index (κ3) is 4.82. The van der Waals surface area contributed by atoms with Crippen molar-refractivity contribution >= 4 is 18.3 Å². The fourth-order valence-electron chi connectivity index (χ4n) is 2.14. The summed E-state index contributed by atoms with van der Waals surface area (Å²) in [5.74, 6) is 0.303. The number of nitrogens with two attached hydrogens (primary N) is 1. The first-order valence-electron chi connectivity index (χ1n) is 6.43. The van der Waals surface area contributed by atoms with Gasteiger partial charge in [-0.05, 0) is 24.3 Å². The van der Waals surface area contributed by atoms with Gasteiger partial charge in [0, 0.05) is 13.2 Å². The second-order valence-corrected chi connectivity index (χ2v) is 4.72. The van der Waals surface area contributed by atoms with Crippen molar-refractivity contribution in [1.29, 1.82) is 0 Å².